The van der Waals surface area contributed by atoms with Crippen LogP contribution in [0.3, 0.4) is 0 Å². The van der Waals surface area contributed by atoms with Gasteiger partial charge in [0, 0.05) is 30.7 Å². The third kappa shape index (κ3) is 3.04. The number of nitrogens with zero attached hydrogens (tertiary/aromatic N) is 4. The zero-order chi connectivity index (χ0) is 29.9. The van der Waals surface area contributed by atoms with Gasteiger partial charge in [-0.2, -0.15) is 0 Å². The molecule has 3 aromatic carbocycles. The molecule has 0 saturated carbocycles. The van der Waals surface area contributed by atoms with Crippen molar-refractivity contribution in [2.45, 2.75) is 19.3 Å². The molecule has 10 nitrogen and oxygen atoms in total. The lowest BCUT2D eigenvalue weighted by atomic mass is 9.68. The lowest BCUT2D eigenvalue weighted by molar-refractivity contribution is -0.118. The van der Waals surface area contributed by atoms with E-state index in [0.29, 0.717) is 33.0 Å². The van der Waals surface area contributed by atoms with E-state index < -0.39 is 28.2 Å². The molecule has 3 aromatic heterocycles. The van der Waals surface area contributed by atoms with Crippen molar-refractivity contribution in [3.05, 3.63) is 120 Å². The Morgan fingerprint density at radius 1 is 0.907 bits per heavy atom. The zero-order valence-electron chi connectivity index (χ0n) is 23.5. The Kier molecular flexibility index (Phi) is 4.96. The molecule has 2 aliphatic heterocycles. The van der Waals surface area contributed by atoms with Gasteiger partial charge in [-0.05, 0) is 49.2 Å². The molecule has 0 radical (unpaired) electrons. The van der Waals surface area contributed by atoms with Crippen LogP contribution in [0.1, 0.15) is 27.8 Å². The molecule has 0 bridgehead atoms. The average Bonchev–Trinajstić information content (AvgIpc) is 3.53. The summed E-state index contributed by atoms with van der Waals surface area (Å²) in [6, 6.07) is 18.0. The summed E-state index contributed by atoms with van der Waals surface area (Å²) in [6.07, 6.45) is 0. The molecule has 1 unspecified atom stereocenters. The number of thiazole rings is 1. The number of rotatable bonds is 1. The number of aromatic nitrogens is 3. The minimum Gasteiger partial charge on any atom is -0.422 e. The first-order valence-electron chi connectivity index (χ1n) is 13.6. The number of fused-ring (bicyclic) bond motifs is 9. The number of amides is 1. The quantitative estimate of drug-likeness (QED) is 0.281. The first-order chi connectivity index (χ1) is 20.6. The van der Waals surface area contributed by atoms with Crippen molar-refractivity contribution >= 4 is 60.8 Å². The van der Waals surface area contributed by atoms with Gasteiger partial charge in [-0.15, -0.1) is 0 Å². The molecule has 0 saturated heterocycles. The summed E-state index contributed by atoms with van der Waals surface area (Å²) in [5.74, 6) is -0.415. The Hall–Kier alpha value is -5.29. The fourth-order valence-corrected chi connectivity index (χ4v) is 7.78. The van der Waals surface area contributed by atoms with Crippen molar-refractivity contribution in [2.75, 3.05) is 10.2 Å². The SMILES string of the molecule is Cc1cc(C)c2sc(N3c4c(c(=O)oc5ccccc45)C4(C(=O)Nc5ccccc54)c4c3n(C)c(=O)n(C)c4=O)nc2c1. The summed E-state index contributed by atoms with van der Waals surface area (Å²) < 4.78 is 9.11. The Bertz CT molecular complexity index is 2430. The van der Waals surface area contributed by atoms with Gasteiger partial charge in [0.15, 0.2) is 5.13 Å². The highest BCUT2D eigenvalue weighted by Gasteiger charge is 2.60. The van der Waals surface area contributed by atoms with Crippen molar-refractivity contribution in [3.8, 4) is 0 Å². The standard InChI is InChI=1S/C32H23N5O5S/c1-15-13-16(2)25-20(14-15)34-30(43-25)37-24-17-9-5-8-12-21(17)42-28(39)22(24)32(18-10-6-7-11-19(18)33-29(32)40)23-26(37)35(3)31(41)36(4)27(23)38/h5-14H,1-4H3,(H,33,40). The van der Waals surface area contributed by atoms with Gasteiger partial charge < -0.3 is 9.73 Å². The molecule has 1 spiro atoms. The van der Waals surface area contributed by atoms with E-state index in [0.717, 1.165) is 25.9 Å². The van der Waals surface area contributed by atoms with E-state index in [1.165, 1.54) is 23.0 Å². The normalized spacial score (nSPS) is 16.9. The number of para-hydroxylation sites is 2. The highest BCUT2D eigenvalue weighted by molar-refractivity contribution is 7.22. The molecule has 11 heteroatoms. The van der Waals surface area contributed by atoms with Crippen molar-refractivity contribution in [2.24, 2.45) is 14.1 Å². The lowest BCUT2D eigenvalue weighted by Crippen LogP contribution is -2.53. The van der Waals surface area contributed by atoms with Crippen LogP contribution in [0.15, 0.2) is 79.5 Å². The molecule has 1 N–H and O–H groups in total. The Labute approximate surface area is 247 Å². The summed E-state index contributed by atoms with van der Waals surface area (Å²) in [6.45, 7) is 3.99. The molecule has 0 fully saturated rings. The van der Waals surface area contributed by atoms with Crippen molar-refractivity contribution in [1.29, 1.82) is 0 Å². The Morgan fingerprint density at radius 2 is 1.65 bits per heavy atom. The summed E-state index contributed by atoms with van der Waals surface area (Å²) in [5.41, 5.74) is 0.345. The molecule has 6 aromatic rings. The monoisotopic (exact) mass is 589 g/mol. The molecule has 5 heterocycles. The van der Waals surface area contributed by atoms with Crippen LogP contribution in [0.2, 0.25) is 0 Å². The van der Waals surface area contributed by atoms with Crippen molar-refractivity contribution < 1.29 is 9.21 Å². The van der Waals surface area contributed by atoms with Gasteiger partial charge in [-0.25, -0.2) is 14.6 Å². The van der Waals surface area contributed by atoms with Crippen molar-refractivity contribution in [3.63, 3.8) is 0 Å². The number of carbonyl (C=O) groups is 1. The third-order valence-corrected chi connectivity index (χ3v) is 9.72. The van der Waals surface area contributed by atoms with Crippen LogP contribution in [-0.4, -0.2) is 20.0 Å². The topological polar surface area (TPSA) is 119 Å². The number of aryl methyl sites for hydroxylation is 2. The van der Waals surface area contributed by atoms with Gasteiger partial charge in [-0.3, -0.25) is 23.6 Å². The fourth-order valence-electron chi connectivity index (χ4n) is 6.75. The van der Waals surface area contributed by atoms with E-state index >= 15 is 0 Å². The van der Waals surface area contributed by atoms with Crippen LogP contribution in [0.25, 0.3) is 21.2 Å². The maximum atomic E-state index is 14.4. The predicted molar refractivity (Wildman–Crippen MR) is 165 cm³/mol. The molecular weight excluding hydrogens is 566 g/mol. The number of hydrogen-bond acceptors (Lipinski definition) is 8. The maximum absolute atomic E-state index is 14.4. The van der Waals surface area contributed by atoms with Gasteiger partial charge in [0.25, 0.3) is 5.56 Å². The molecule has 212 valence electrons. The van der Waals surface area contributed by atoms with Gasteiger partial charge >= 0.3 is 11.3 Å². The predicted octanol–water partition coefficient (Wildman–Crippen LogP) is 4.49. The molecule has 43 heavy (non-hydrogen) atoms. The maximum Gasteiger partial charge on any atom is 0.343 e. The largest absolute Gasteiger partial charge is 0.422 e. The summed E-state index contributed by atoms with van der Waals surface area (Å²) >= 11 is 1.38. The van der Waals surface area contributed by atoms with Crippen molar-refractivity contribution in [1.82, 2.24) is 14.1 Å². The van der Waals surface area contributed by atoms with E-state index in [2.05, 4.69) is 11.4 Å². The minimum absolute atomic E-state index is 0.0101. The van der Waals surface area contributed by atoms with E-state index in [-0.39, 0.29) is 16.9 Å². The average molecular weight is 590 g/mol. The number of nitrogens with one attached hydrogen (secondary N) is 1. The second-order valence-electron chi connectivity index (χ2n) is 11.0. The highest BCUT2D eigenvalue weighted by Crippen LogP contribution is 2.58. The van der Waals surface area contributed by atoms with Crippen LogP contribution in [0.5, 0.6) is 0 Å². The fraction of sp³-hybridized carbons (Fsp3) is 0.156. The second kappa shape index (κ2) is 8.39. The van der Waals surface area contributed by atoms with Crippen LogP contribution in [-0.2, 0) is 24.3 Å². The number of carbonyl (C=O) groups excluding carboxylic acids is 1. The number of hydrogen-bond donors (Lipinski definition) is 1. The zero-order valence-corrected chi connectivity index (χ0v) is 24.3. The van der Waals surface area contributed by atoms with E-state index in [1.807, 2.05) is 19.9 Å². The molecule has 0 aliphatic carbocycles. The first-order valence-corrected chi connectivity index (χ1v) is 14.4. The second-order valence-corrected chi connectivity index (χ2v) is 12.0. The van der Waals surface area contributed by atoms with Gasteiger partial charge in [0.1, 0.15) is 16.8 Å². The molecule has 1 atom stereocenters. The summed E-state index contributed by atoms with van der Waals surface area (Å²) in [7, 11) is 2.92. The molecule has 1 amide bonds. The lowest BCUT2D eigenvalue weighted by Gasteiger charge is -2.40. The third-order valence-electron chi connectivity index (χ3n) is 8.52. The van der Waals surface area contributed by atoms with Crippen LogP contribution in [0, 0.1) is 13.8 Å². The summed E-state index contributed by atoms with van der Waals surface area (Å²) in [5, 5.41) is 3.86. The van der Waals surface area contributed by atoms with E-state index in [1.54, 1.807) is 60.5 Å². The molecule has 8 rings (SSSR count). The number of benzene rings is 3. The van der Waals surface area contributed by atoms with E-state index in [9.17, 15) is 19.2 Å². The molecule has 2 aliphatic rings. The molecular formula is C32H23N5O5S. The van der Waals surface area contributed by atoms with Gasteiger partial charge in [0.2, 0.25) is 5.91 Å². The first kappa shape index (κ1) is 25.4. The number of anilines is 4. The van der Waals surface area contributed by atoms with E-state index in [4.69, 9.17) is 9.40 Å². The van der Waals surface area contributed by atoms with Crippen LogP contribution < -0.4 is 27.1 Å². The highest BCUT2D eigenvalue weighted by atomic mass is 32.1. The Morgan fingerprint density at radius 3 is 2.47 bits per heavy atom. The Balaban J connectivity index is 1.66. The van der Waals surface area contributed by atoms with Crippen LogP contribution in [0.4, 0.5) is 22.3 Å². The van der Waals surface area contributed by atoms with Gasteiger partial charge in [-0.1, -0.05) is 47.7 Å². The minimum atomic E-state index is -1.90. The summed E-state index contributed by atoms with van der Waals surface area (Å²) in [4.78, 5) is 63.2. The van der Waals surface area contributed by atoms with Crippen LogP contribution >= 0.6 is 11.3 Å². The smallest absolute Gasteiger partial charge is 0.343 e. The van der Waals surface area contributed by atoms with Gasteiger partial charge in [0.05, 0.1) is 27.0 Å².